The van der Waals surface area contributed by atoms with Crippen LogP contribution in [0.15, 0.2) is 12.2 Å². The van der Waals surface area contributed by atoms with Gasteiger partial charge in [-0.25, -0.2) is 0 Å². The average molecular weight is 272 g/mol. The van der Waals surface area contributed by atoms with Gasteiger partial charge in [-0.1, -0.05) is 44.0 Å². The molecule has 0 radical (unpaired) electrons. The molecule has 0 bridgehead atoms. The van der Waals surface area contributed by atoms with Crippen molar-refractivity contribution in [1.29, 1.82) is 0 Å². The van der Waals surface area contributed by atoms with Gasteiger partial charge < -0.3 is 10.2 Å². The summed E-state index contributed by atoms with van der Waals surface area (Å²) >= 11 is 6.50. The van der Waals surface area contributed by atoms with E-state index >= 15 is 0 Å². The van der Waals surface area contributed by atoms with Crippen molar-refractivity contribution in [3.05, 3.63) is 12.2 Å². The highest BCUT2D eigenvalue weighted by Gasteiger charge is 2.30. The lowest BCUT2D eigenvalue weighted by atomic mass is 10.0. The van der Waals surface area contributed by atoms with Crippen molar-refractivity contribution in [3.63, 3.8) is 0 Å². The van der Waals surface area contributed by atoms with Crippen LogP contribution in [0.4, 0.5) is 0 Å². The molecule has 0 amide bonds. The van der Waals surface area contributed by atoms with Crippen molar-refractivity contribution >= 4 is 31.9 Å². The molecule has 58 valence electrons. The minimum absolute atomic E-state index is 0.104. The number of hydrogen-bond acceptors (Lipinski definition) is 2. The van der Waals surface area contributed by atoms with Crippen LogP contribution in [0.25, 0.3) is 0 Å². The molecule has 2 nitrogen and oxygen atoms in total. The largest absolute Gasteiger partial charge is 0.388 e. The fraction of sp³-hybridized carbons (Fsp3) is 0.667. The summed E-state index contributed by atoms with van der Waals surface area (Å²) in [5.41, 5.74) is 0. The number of rotatable bonds is 0. The first-order valence-corrected chi connectivity index (χ1v) is 4.78. The molecule has 0 aromatic heterocycles. The van der Waals surface area contributed by atoms with Gasteiger partial charge in [0.05, 0.1) is 21.9 Å². The molecule has 0 spiro atoms. The van der Waals surface area contributed by atoms with E-state index in [4.69, 9.17) is 0 Å². The summed E-state index contributed by atoms with van der Waals surface area (Å²) < 4.78 is 0. The summed E-state index contributed by atoms with van der Waals surface area (Å²) in [6.45, 7) is 0. The molecule has 4 unspecified atom stereocenters. The molecule has 0 saturated carbocycles. The Kier molecular flexibility index (Phi) is 2.91. The highest BCUT2D eigenvalue weighted by molar-refractivity contribution is 9.12. The van der Waals surface area contributed by atoms with E-state index < -0.39 is 12.2 Å². The smallest absolute Gasteiger partial charge is 0.0858 e. The Balaban J connectivity index is 2.69. The van der Waals surface area contributed by atoms with Crippen molar-refractivity contribution in [2.45, 2.75) is 21.9 Å². The minimum Gasteiger partial charge on any atom is -0.388 e. The lowest BCUT2D eigenvalue weighted by molar-refractivity contribution is 0.161. The molecule has 10 heavy (non-hydrogen) atoms. The van der Waals surface area contributed by atoms with Gasteiger partial charge in [-0.05, 0) is 0 Å². The molecule has 1 rings (SSSR count). The lowest BCUT2D eigenvalue weighted by Gasteiger charge is -2.26. The van der Waals surface area contributed by atoms with Crippen LogP contribution in [0.1, 0.15) is 0 Å². The maximum atomic E-state index is 9.19. The third-order valence-electron chi connectivity index (χ3n) is 1.46. The van der Waals surface area contributed by atoms with Gasteiger partial charge in [0.25, 0.3) is 0 Å². The molecule has 2 N–H and O–H groups in total. The monoisotopic (exact) mass is 270 g/mol. The van der Waals surface area contributed by atoms with E-state index in [0.29, 0.717) is 0 Å². The summed E-state index contributed by atoms with van der Waals surface area (Å²) in [7, 11) is 0. The number of halogens is 2. The maximum absolute atomic E-state index is 9.19. The van der Waals surface area contributed by atoms with Gasteiger partial charge in [0.2, 0.25) is 0 Å². The average Bonchev–Trinajstić information content (AvgIpc) is 1.93. The molecule has 0 saturated heterocycles. The summed E-state index contributed by atoms with van der Waals surface area (Å²) in [5, 5.41) is 18.4. The molecule has 1 aliphatic rings. The third-order valence-corrected chi connectivity index (χ3v) is 4.39. The molecule has 4 atom stereocenters. The zero-order valence-corrected chi connectivity index (χ0v) is 8.29. The second-order valence-electron chi connectivity index (χ2n) is 2.25. The van der Waals surface area contributed by atoms with Crippen LogP contribution in [0, 0.1) is 0 Å². The van der Waals surface area contributed by atoms with Gasteiger partial charge in [0.15, 0.2) is 0 Å². The highest BCUT2D eigenvalue weighted by Crippen LogP contribution is 2.26. The predicted octanol–water partition coefficient (Wildman–Crippen LogP) is 0.805. The maximum Gasteiger partial charge on any atom is 0.0858 e. The van der Waals surface area contributed by atoms with Crippen LogP contribution in [0.3, 0.4) is 0 Å². The van der Waals surface area contributed by atoms with Crippen LogP contribution < -0.4 is 0 Å². The quantitative estimate of drug-likeness (QED) is 0.506. The summed E-state index contributed by atoms with van der Waals surface area (Å²) in [5.74, 6) is 0. The Bertz CT molecular complexity index is 133. The Morgan fingerprint density at radius 3 is 1.50 bits per heavy atom. The van der Waals surface area contributed by atoms with E-state index in [2.05, 4.69) is 31.9 Å². The lowest BCUT2D eigenvalue weighted by Crippen LogP contribution is -2.38. The first-order chi connectivity index (χ1) is 4.63. The van der Waals surface area contributed by atoms with Gasteiger partial charge >= 0.3 is 0 Å². The molecule has 0 heterocycles. The molecule has 1 aliphatic carbocycles. The number of alkyl halides is 2. The number of hydrogen-bond donors (Lipinski definition) is 2. The molecule has 0 aromatic carbocycles. The summed E-state index contributed by atoms with van der Waals surface area (Å²) in [4.78, 5) is -0.208. The summed E-state index contributed by atoms with van der Waals surface area (Å²) in [6, 6.07) is 0. The van der Waals surface area contributed by atoms with Crippen molar-refractivity contribution in [1.82, 2.24) is 0 Å². The van der Waals surface area contributed by atoms with E-state index in [1.54, 1.807) is 12.2 Å². The molecule has 4 heteroatoms. The Labute approximate surface area is 76.2 Å². The normalized spacial score (nSPS) is 47.6. The third kappa shape index (κ3) is 1.61. The fourth-order valence-corrected chi connectivity index (χ4v) is 1.79. The van der Waals surface area contributed by atoms with Crippen molar-refractivity contribution in [2.75, 3.05) is 0 Å². The number of aliphatic hydroxyl groups excluding tert-OH is 2. The van der Waals surface area contributed by atoms with Gasteiger partial charge in [-0.2, -0.15) is 0 Å². The van der Waals surface area contributed by atoms with E-state index in [9.17, 15) is 10.2 Å². The van der Waals surface area contributed by atoms with Crippen LogP contribution in [-0.2, 0) is 0 Å². The predicted molar refractivity (Wildman–Crippen MR) is 46.6 cm³/mol. The van der Waals surface area contributed by atoms with E-state index in [-0.39, 0.29) is 9.65 Å². The van der Waals surface area contributed by atoms with Gasteiger partial charge in [0.1, 0.15) is 0 Å². The molecule has 0 aromatic rings. The topological polar surface area (TPSA) is 40.5 Å². The van der Waals surface area contributed by atoms with Crippen molar-refractivity contribution in [2.24, 2.45) is 0 Å². The van der Waals surface area contributed by atoms with Gasteiger partial charge in [-0.3, -0.25) is 0 Å². The zero-order chi connectivity index (χ0) is 7.72. The Morgan fingerprint density at radius 1 is 0.900 bits per heavy atom. The van der Waals surface area contributed by atoms with Crippen LogP contribution in [0.2, 0.25) is 0 Å². The first kappa shape index (κ1) is 8.71. The molecule has 0 aliphatic heterocycles. The van der Waals surface area contributed by atoms with Gasteiger partial charge in [-0.15, -0.1) is 0 Å². The molecular weight excluding hydrogens is 264 g/mol. The Morgan fingerprint density at radius 2 is 1.20 bits per heavy atom. The second kappa shape index (κ2) is 3.34. The molecule has 0 fully saturated rings. The van der Waals surface area contributed by atoms with Crippen LogP contribution in [-0.4, -0.2) is 32.1 Å². The minimum atomic E-state index is -0.507. The van der Waals surface area contributed by atoms with Crippen LogP contribution in [0.5, 0.6) is 0 Å². The zero-order valence-electron chi connectivity index (χ0n) is 5.11. The summed E-state index contributed by atoms with van der Waals surface area (Å²) in [6.07, 6.45) is 2.16. The van der Waals surface area contributed by atoms with E-state index in [0.717, 1.165) is 0 Å². The first-order valence-electron chi connectivity index (χ1n) is 2.95. The van der Waals surface area contributed by atoms with Crippen molar-refractivity contribution in [3.8, 4) is 0 Å². The van der Waals surface area contributed by atoms with Crippen molar-refractivity contribution < 1.29 is 10.2 Å². The number of aliphatic hydroxyl groups is 2. The van der Waals surface area contributed by atoms with Gasteiger partial charge in [0, 0.05) is 0 Å². The highest BCUT2D eigenvalue weighted by atomic mass is 79.9. The Hall–Kier alpha value is 0.620. The van der Waals surface area contributed by atoms with E-state index in [1.165, 1.54) is 0 Å². The second-order valence-corrected chi connectivity index (χ2v) is 4.37. The molecular formula is C6H8Br2O2. The SMILES string of the molecule is OC1C=CC(O)C(Br)C1Br. The van der Waals surface area contributed by atoms with E-state index in [1.807, 2.05) is 0 Å². The van der Waals surface area contributed by atoms with Crippen LogP contribution >= 0.6 is 31.9 Å². The standard InChI is InChI=1S/C6H8Br2O2/c7-5-3(9)1-2-4(10)6(5)8/h1-6,9-10H. The fourth-order valence-electron chi connectivity index (χ4n) is 0.817.